The summed E-state index contributed by atoms with van der Waals surface area (Å²) in [6, 6.07) is 11.1. The summed E-state index contributed by atoms with van der Waals surface area (Å²) in [7, 11) is 0. The van der Waals surface area contributed by atoms with Gasteiger partial charge in [-0.25, -0.2) is 9.98 Å². The summed E-state index contributed by atoms with van der Waals surface area (Å²) in [5.74, 6) is 0.644. The Balaban J connectivity index is 0.00000242. The van der Waals surface area contributed by atoms with Crippen LogP contribution < -0.4 is 15.8 Å². The zero-order valence-corrected chi connectivity index (χ0v) is 15.3. The number of nitrogens with zero attached hydrogens (tertiary/aromatic N) is 2. The lowest BCUT2D eigenvalue weighted by atomic mass is 10.3. The maximum absolute atomic E-state index is 5.93. The number of benzene rings is 1. The molecule has 0 bridgehead atoms. The second-order valence-corrected chi connectivity index (χ2v) is 4.89. The summed E-state index contributed by atoms with van der Waals surface area (Å²) in [6.45, 7) is 0.692. The number of nitrogens with one attached hydrogen (secondary N) is 1. The smallest absolute Gasteiger partial charge is 0.232 e. The molecule has 118 valence electrons. The third-order valence-corrected chi connectivity index (χ3v) is 2.91. The fourth-order valence-corrected chi connectivity index (χ4v) is 1.96. The number of nitrogens with two attached hydrogens (primary N) is 1. The zero-order chi connectivity index (χ0) is 15.1. The lowest BCUT2D eigenvalue weighted by Gasteiger charge is -2.07. The maximum Gasteiger partial charge on any atom is 0.232 e. The third-order valence-electron chi connectivity index (χ3n) is 2.43. The minimum absolute atomic E-state index is 0. The summed E-state index contributed by atoms with van der Waals surface area (Å²) in [6.07, 6.45) is 1.47. The summed E-state index contributed by atoms with van der Waals surface area (Å²) >= 11 is 11.7. The van der Waals surface area contributed by atoms with E-state index in [4.69, 9.17) is 33.7 Å². The number of aromatic nitrogens is 1. The normalized spacial score (nSPS) is 10.7. The van der Waals surface area contributed by atoms with E-state index in [0.29, 0.717) is 35.0 Å². The number of anilines is 1. The van der Waals surface area contributed by atoms with Crippen molar-refractivity contribution >= 4 is 58.8 Å². The summed E-state index contributed by atoms with van der Waals surface area (Å²) in [5, 5.41) is 3.80. The van der Waals surface area contributed by atoms with Gasteiger partial charge >= 0.3 is 0 Å². The van der Waals surface area contributed by atoms with Crippen LogP contribution in [-0.4, -0.2) is 24.1 Å². The van der Waals surface area contributed by atoms with Gasteiger partial charge in [0.25, 0.3) is 0 Å². The van der Waals surface area contributed by atoms with Gasteiger partial charge in [-0.2, -0.15) is 0 Å². The van der Waals surface area contributed by atoms with Gasteiger partial charge in [0.15, 0.2) is 5.96 Å². The fraction of sp³-hybridized carbons (Fsp3) is 0.143. The third kappa shape index (κ3) is 6.25. The molecule has 0 saturated carbocycles. The van der Waals surface area contributed by atoms with Gasteiger partial charge in [0, 0.05) is 11.9 Å². The lowest BCUT2D eigenvalue weighted by molar-refractivity contribution is 0.316. The van der Waals surface area contributed by atoms with E-state index in [1.807, 2.05) is 30.3 Å². The molecule has 0 atom stereocenters. The average Bonchev–Trinajstić information content (AvgIpc) is 2.46. The maximum atomic E-state index is 5.93. The van der Waals surface area contributed by atoms with E-state index in [2.05, 4.69) is 15.3 Å². The number of guanidine groups is 1. The number of hydrogen-bond acceptors (Lipinski definition) is 3. The van der Waals surface area contributed by atoms with Crippen LogP contribution >= 0.6 is 47.2 Å². The first-order valence-corrected chi connectivity index (χ1v) is 6.96. The molecule has 1 aromatic carbocycles. The van der Waals surface area contributed by atoms with Crippen LogP contribution in [0.2, 0.25) is 10.0 Å². The van der Waals surface area contributed by atoms with Crippen LogP contribution in [0, 0.1) is 0 Å². The van der Waals surface area contributed by atoms with E-state index >= 15 is 0 Å². The topological polar surface area (TPSA) is 72.5 Å². The first kappa shape index (κ1) is 18.8. The molecule has 0 spiro atoms. The van der Waals surface area contributed by atoms with Crippen molar-refractivity contribution in [3.05, 3.63) is 52.6 Å². The molecule has 0 amide bonds. The number of para-hydroxylation sites is 1. The first-order chi connectivity index (χ1) is 10.1. The number of pyridine rings is 1. The van der Waals surface area contributed by atoms with Crippen LogP contribution in [0.4, 0.5) is 5.69 Å². The molecule has 2 rings (SSSR count). The molecular formula is C14H15Cl2IN4O. The standard InChI is InChI=1S/C14H14Cl2N4O.HI/c15-10-8-12(16)13(19-9-10)21-7-6-18-14(17)20-11-4-2-1-3-5-11;/h1-5,8-9H,6-7H2,(H3,17,18,20);1H. The molecule has 0 fully saturated rings. The Morgan fingerprint density at radius 2 is 2.00 bits per heavy atom. The van der Waals surface area contributed by atoms with Crippen LogP contribution in [0.1, 0.15) is 0 Å². The van der Waals surface area contributed by atoms with E-state index in [1.165, 1.54) is 6.20 Å². The highest BCUT2D eigenvalue weighted by molar-refractivity contribution is 14.0. The van der Waals surface area contributed by atoms with E-state index < -0.39 is 0 Å². The zero-order valence-electron chi connectivity index (χ0n) is 11.5. The number of aliphatic imine (C=N–C) groups is 1. The Kier molecular flexibility index (Phi) is 8.29. The molecule has 0 saturated heterocycles. The monoisotopic (exact) mass is 452 g/mol. The average molecular weight is 453 g/mol. The van der Waals surface area contributed by atoms with E-state index in [0.717, 1.165) is 5.69 Å². The molecule has 0 aliphatic rings. The van der Waals surface area contributed by atoms with Crippen LogP contribution in [-0.2, 0) is 0 Å². The van der Waals surface area contributed by atoms with Crippen molar-refractivity contribution in [3.63, 3.8) is 0 Å². The SMILES string of the molecule is I.NC(=NCCOc1ncc(Cl)cc1Cl)Nc1ccccc1. The molecule has 0 aliphatic heterocycles. The summed E-state index contributed by atoms with van der Waals surface area (Å²) in [4.78, 5) is 8.12. The Morgan fingerprint density at radius 3 is 2.68 bits per heavy atom. The molecule has 2 aromatic rings. The van der Waals surface area contributed by atoms with E-state index in [-0.39, 0.29) is 24.0 Å². The number of rotatable bonds is 5. The highest BCUT2D eigenvalue weighted by atomic mass is 127. The van der Waals surface area contributed by atoms with Gasteiger partial charge in [0.2, 0.25) is 5.88 Å². The lowest BCUT2D eigenvalue weighted by Crippen LogP contribution is -2.23. The van der Waals surface area contributed by atoms with Gasteiger partial charge in [0.1, 0.15) is 11.6 Å². The van der Waals surface area contributed by atoms with Gasteiger partial charge in [-0.3, -0.25) is 0 Å². The predicted molar refractivity (Wildman–Crippen MR) is 102 cm³/mol. The number of halogens is 3. The van der Waals surface area contributed by atoms with Crippen molar-refractivity contribution in [3.8, 4) is 5.88 Å². The Morgan fingerprint density at radius 1 is 1.27 bits per heavy atom. The molecule has 0 radical (unpaired) electrons. The minimum Gasteiger partial charge on any atom is -0.475 e. The van der Waals surface area contributed by atoms with E-state index in [9.17, 15) is 0 Å². The number of ether oxygens (including phenoxy) is 1. The molecule has 22 heavy (non-hydrogen) atoms. The Labute approximate surface area is 155 Å². The van der Waals surface area contributed by atoms with Crippen LogP contribution in [0.25, 0.3) is 0 Å². The van der Waals surface area contributed by atoms with E-state index in [1.54, 1.807) is 6.07 Å². The molecule has 5 nitrogen and oxygen atoms in total. The minimum atomic E-state index is 0. The van der Waals surface area contributed by atoms with Crippen LogP contribution in [0.5, 0.6) is 5.88 Å². The Bertz CT molecular complexity index is 625. The second kappa shape index (κ2) is 9.70. The summed E-state index contributed by atoms with van der Waals surface area (Å²) in [5.41, 5.74) is 6.64. The second-order valence-electron chi connectivity index (χ2n) is 4.05. The summed E-state index contributed by atoms with van der Waals surface area (Å²) < 4.78 is 5.40. The van der Waals surface area contributed by atoms with Crippen molar-refractivity contribution in [1.29, 1.82) is 0 Å². The van der Waals surface area contributed by atoms with Crippen molar-refractivity contribution in [1.82, 2.24) is 4.98 Å². The molecule has 0 unspecified atom stereocenters. The largest absolute Gasteiger partial charge is 0.475 e. The first-order valence-electron chi connectivity index (χ1n) is 6.21. The van der Waals surface area contributed by atoms with Crippen LogP contribution in [0.3, 0.4) is 0 Å². The fourth-order valence-electron chi connectivity index (χ4n) is 1.53. The predicted octanol–water partition coefficient (Wildman–Crippen LogP) is 3.81. The molecule has 1 heterocycles. The van der Waals surface area contributed by atoms with Crippen molar-refractivity contribution in [2.75, 3.05) is 18.5 Å². The van der Waals surface area contributed by atoms with Gasteiger partial charge in [-0.05, 0) is 18.2 Å². The molecule has 0 aliphatic carbocycles. The van der Waals surface area contributed by atoms with Gasteiger partial charge < -0.3 is 15.8 Å². The molecule has 3 N–H and O–H groups in total. The molecule has 1 aromatic heterocycles. The quantitative estimate of drug-likeness (QED) is 0.313. The Hall–Kier alpha value is -1.25. The highest BCUT2D eigenvalue weighted by Gasteiger charge is 2.03. The van der Waals surface area contributed by atoms with Crippen molar-refractivity contribution in [2.24, 2.45) is 10.7 Å². The molecule has 8 heteroatoms. The highest BCUT2D eigenvalue weighted by Crippen LogP contribution is 2.24. The van der Waals surface area contributed by atoms with Crippen LogP contribution in [0.15, 0.2) is 47.6 Å². The van der Waals surface area contributed by atoms with Gasteiger partial charge in [0.05, 0.1) is 11.6 Å². The molecular weight excluding hydrogens is 438 g/mol. The van der Waals surface area contributed by atoms with Gasteiger partial charge in [-0.15, -0.1) is 24.0 Å². The number of hydrogen-bond donors (Lipinski definition) is 2. The van der Waals surface area contributed by atoms with Crippen molar-refractivity contribution < 1.29 is 4.74 Å². The van der Waals surface area contributed by atoms with Crippen molar-refractivity contribution in [2.45, 2.75) is 0 Å². The van der Waals surface area contributed by atoms with Gasteiger partial charge in [-0.1, -0.05) is 41.4 Å².